The van der Waals surface area contributed by atoms with Crippen molar-refractivity contribution in [3.8, 4) is 5.75 Å². The SMILES string of the molecule is CCOc1cc(C(F)(F)F)ccc1C1=NC(C)(c2ccc(Cl)cc2)[C@@](C)(c2ccc(Cl)cc2)N1C(=O)N1CCC(N2CCN(C)CC2)CC1. The number of hydrogen-bond acceptors (Lipinski definition) is 5. The summed E-state index contributed by atoms with van der Waals surface area (Å²) in [5, 5.41) is 1.07. The molecule has 0 saturated carbocycles. The molecule has 0 bridgehead atoms. The van der Waals surface area contributed by atoms with Gasteiger partial charge in [-0.1, -0.05) is 47.5 Å². The summed E-state index contributed by atoms with van der Waals surface area (Å²) in [6, 6.07) is 18.1. The van der Waals surface area contributed by atoms with Crippen molar-refractivity contribution in [3.05, 3.63) is 99.0 Å². The second kappa shape index (κ2) is 13.8. The molecule has 2 saturated heterocycles. The molecule has 7 nitrogen and oxygen atoms in total. The molecule has 1 unspecified atom stereocenters. The van der Waals surface area contributed by atoms with Crippen LogP contribution in [0.3, 0.4) is 0 Å². The van der Waals surface area contributed by atoms with Crippen LogP contribution in [0.2, 0.25) is 10.0 Å². The minimum Gasteiger partial charge on any atom is -0.493 e. The Labute approximate surface area is 296 Å². The third-order valence-corrected chi connectivity index (χ3v) is 11.1. The van der Waals surface area contributed by atoms with Gasteiger partial charge < -0.3 is 14.5 Å². The van der Waals surface area contributed by atoms with E-state index in [9.17, 15) is 13.2 Å². The van der Waals surface area contributed by atoms with Crippen molar-refractivity contribution in [1.29, 1.82) is 0 Å². The van der Waals surface area contributed by atoms with Crippen molar-refractivity contribution < 1.29 is 22.7 Å². The van der Waals surface area contributed by atoms with E-state index in [1.54, 1.807) is 36.1 Å². The molecule has 0 spiro atoms. The minimum atomic E-state index is -4.58. The van der Waals surface area contributed by atoms with E-state index in [2.05, 4.69) is 16.8 Å². The van der Waals surface area contributed by atoms with Gasteiger partial charge in [0.15, 0.2) is 0 Å². The van der Waals surface area contributed by atoms with Crippen molar-refractivity contribution >= 4 is 35.1 Å². The number of alkyl halides is 3. The highest BCUT2D eigenvalue weighted by Crippen LogP contribution is 2.54. The van der Waals surface area contributed by atoms with Crippen molar-refractivity contribution in [2.75, 3.05) is 52.9 Å². The number of halogens is 5. The first kappa shape index (κ1) is 35.5. The molecule has 49 heavy (non-hydrogen) atoms. The van der Waals surface area contributed by atoms with Gasteiger partial charge in [-0.15, -0.1) is 0 Å². The molecule has 12 heteroatoms. The zero-order valence-corrected chi connectivity index (χ0v) is 29.7. The van der Waals surface area contributed by atoms with Crippen LogP contribution in [0, 0.1) is 0 Å². The number of carbonyl (C=O) groups is 1. The number of urea groups is 1. The number of amides is 2. The van der Waals surface area contributed by atoms with Crippen molar-refractivity contribution in [3.63, 3.8) is 0 Å². The van der Waals surface area contributed by atoms with Crippen LogP contribution in [0.15, 0.2) is 71.7 Å². The summed E-state index contributed by atoms with van der Waals surface area (Å²) in [7, 11) is 2.14. The first-order valence-corrected chi connectivity index (χ1v) is 17.5. The predicted molar refractivity (Wildman–Crippen MR) is 188 cm³/mol. The smallest absolute Gasteiger partial charge is 0.416 e. The van der Waals surface area contributed by atoms with Gasteiger partial charge in [0.25, 0.3) is 0 Å². The highest BCUT2D eigenvalue weighted by molar-refractivity contribution is 6.30. The Morgan fingerprint density at radius 3 is 2.00 bits per heavy atom. The molecule has 2 fully saturated rings. The molecule has 0 aliphatic carbocycles. The fraction of sp³-hybridized carbons (Fsp3) is 0.459. The molecular weight excluding hydrogens is 674 g/mol. The maximum absolute atomic E-state index is 15.1. The summed E-state index contributed by atoms with van der Waals surface area (Å²) >= 11 is 12.7. The number of carbonyl (C=O) groups excluding carboxylic acids is 1. The van der Waals surface area contributed by atoms with E-state index in [0.717, 1.165) is 62.3 Å². The summed E-state index contributed by atoms with van der Waals surface area (Å²) in [6.07, 6.45) is -2.93. The van der Waals surface area contributed by atoms with E-state index in [-0.39, 0.29) is 24.2 Å². The standard InChI is InChI=1S/C37H42Cl2F3N5O2/c1-5-49-32-24-27(37(40,41)42)10-15-31(32)33-43-35(2,25-6-11-28(38)12-7-25)36(3,26-8-13-29(39)14-9-26)47(33)34(48)46-18-16-30(17-19-46)45-22-20-44(4)21-23-45/h6-15,24,30H,5,16-23H2,1-4H3/t35?,36-/m1/s1. The first-order chi connectivity index (χ1) is 23.3. The van der Waals surface area contributed by atoms with Gasteiger partial charge in [-0.25, -0.2) is 4.79 Å². The summed E-state index contributed by atoms with van der Waals surface area (Å²) in [5.41, 5.74) is -1.27. The lowest BCUT2D eigenvalue weighted by atomic mass is 9.71. The molecule has 3 aromatic carbocycles. The number of rotatable bonds is 6. The highest BCUT2D eigenvalue weighted by Gasteiger charge is 2.60. The van der Waals surface area contributed by atoms with Crippen LogP contribution in [0.25, 0.3) is 0 Å². The third kappa shape index (κ3) is 6.65. The number of aliphatic imine (C=N–C) groups is 1. The quantitative estimate of drug-likeness (QED) is 0.259. The van der Waals surface area contributed by atoms with Gasteiger partial charge in [-0.2, -0.15) is 13.2 Å². The Kier molecular flexibility index (Phi) is 9.98. The van der Waals surface area contributed by atoms with Gasteiger partial charge in [0.05, 0.1) is 17.7 Å². The monoisotopic (exact) mass is 715 g/mol. The Morgan fingerprint density at radius 2 is 1.45 bits per heavy atom. The highest BCUT2D eigenvalue weighted by atomic mass is 35.5. The second-order valence-corrected chi connectivity index (χ2v) is 14.3. The molecule has 2 atom stereocenters. The Morgan fingerprint density at radius 1 is 0.878 bits per heavy atom. The number of amidine groups is 1. The van der Waals surface area contributed by atoms with E-state index in [4.69, 9.17) is 32.9 Å². The first-order valence-electron chi connectivity index (χ1n) is 16.7. The maximum Gasteiger partial charge on any atom is 0.416 e. The minimum absolute atomic E-state index is 0.00135. The molecule has 0 aromatic heterocycles. The molecule has 6 rings (SSSR count). The predicted octanol–water partition coefficient (Wildman–Crippen LogP) is 8.14. The molecule has 0 radical (unpaired) electrons. The number of piperidine rings is 1. The summed E-state index contributed by atoms with van der Waals surface area (Å²) in [6.45, 7) is 10.9. The number of likely N-dealkylation sites (tertiary alicyclic amines) is 1. The van der Waals surface area contributed by atoms with Gasteiger partial charge in [-0.3, -0.25) is 14.8 Å². The van der Waals surface area contributed by atoms with Gasteiger partial charge in [0, 0.05) is 55.4 Å². The van der Waals surface area contributed by atoms with Crippen molar-refractivity contribution in [2.45, 2.75) is 56.9 Å². The lowest BCUT2D eigenvalue weighted by Gasteiger charge is -2.48. The van der Waals surface area contributed by atoms with Gasteiger partial charge in [0.1, 0.15) is 22.7 Å². The molecule has 3 aliphatic heterocycles. The van der Waals surface area contributed by atoms with Gasteiger partial charge >= 0.3 is 12.2 Å². The number of likely N-dealkylation sites (N-methyl/N-ethyl adjacent to an activating group) is 1. The number of nitrogens with zero attached hydrogens (tertiary/aromatic N) is 5. The summed E-state index contributed by atoms with van der Waals surface area (Å²) in [4.78, 5) is 28.8. The summed E-state index contributed by atoms with van der Waals surface area (Å²) < 4.78 is 47.6. The maximum atomic E-state index is 15.1. The van der Waals surface area contributed by atoms with Crippen LogP contribution >= 0.6 is 23.2 Å². The average molecular weight is 717 g/mol. The lowest BCUT2D eigenvalue weighted by Crippen LogP contribution is -2.60. The molecular formula is C37H42Cl2F3N5O2. The van der Waals surface area contributed by atoms with E-state index in [0.29, 0.717) is 34.7 Å². The Balaban J connectivity index is 1.48. The summed E-state index contributed by atoms with van der Waals surface area (Å²) in [5.74, 6) is 0.236. The van der Waals surface area contributed by atoms with Gasteiger partial charge in [-0.05, 0) is 94.3 Å². The fourth-order valence-corrected chi connectivity index (χ4v) is 7.73. The lowest BCUT2D eigenvalue weighted by molar-refractivity contribution is -0.137. The van der Waals surface area contributed by atoms with E-state index in [1.165, 1.54) is 6.07 Å². The zero-order chi connectivity index (χ0) is 35.1. The van der Waals surface area contributed by atoms with E-state index < -0.39 is 22.8 Å². The van der Waals surface area contributed by atoms with Crippen LogP contribution in [0.4, 0.5) is 18.0 Å². The van der Waals surface area contributed by atoms with Crippen LogP contribution in [0.1, 0.15) is 55.9 Å². The van der Waals surface area contributed by atoms with E-state index >= 15 is 4.79 Å². The van der Waals surface area contributed by atoms with Crippen molar-refractivity contribution in [2.24, 2.45) is 4.99 Å². The van der Waals surface area contributed by atoms with Crippen molar-refractivity contribution in [1.82, 2.24) is 19.6 Å². The Bertz CT molecular complexity index is 1690. The van der Waals surface area contributed by atoms with E-state index in [1.807, 2.05) is 43.0 Å². The largest absolute Gasteiger partial charge is 0.493 e. The number of hydrogen-bond donors (Lipinski definition) is 0. The number of ether oxygens (including phenoxy) is 1. The average Bonchev–Trinajstić information content (AvgIpc) is 3.33. The molecule has 3 aromatic rings. The molecule has 3 aliphatic rings. The Hall–Kier alpha value is -3.31. The third-order valence-electron chi connectivity index (χ3n) is 10.6. The van der Waals surface area contributed by atoms with Crippen LogP contribution in [0.5, 0.6) is 5.75 Å². The van der Waals surface area contributed by atoms with Gasteiger partial charge in [0.2, 0.25) is 0 Å². The van der Waals surface area contributed by atoms with Crippen LogP contribution in [-0.4, -0.2) is 90.4 Å². The molecule has 262 valence electrons. The molecule has 2 amide bonds. The molecule has 3 heterocycles. The number of benzene rings is 3. The normalized spacial score (nSPS) is 24.3. The number of piperazine rings is 1. The molecule has 0 N–H and O–H groups in total. The van der Waals surface area contributed by atoms with Crippen LogP contribution < -0.4 is 4.74 Å². The fourth-order valence-electron chi connectivity index (χ4n) is 7.48. The zero-order valence-electron chi connectivity index (χ0n) is 28.2. The second-order valence-electron chi connectivity index (χ2n) is 13.4. The topological polar surface area (TPSA) is 51.6 Å². The van der Waals surface area contributed by atoms with Crippen LogP contribution in [-0.2, 0) is 17.3 Å².